The fraction of sp³-hybridized carbons (Fsp3) is 0.467. The summed E-state index contributed by atoms with van der Waals surface area (Å²) in [5.74, 6) is -2.40. The minimum Gasteiger partial charge on any atom is -0.335 e. The lowest BCUT2D eigenvalue weighted by Gasteiger charge is -2.35. The molecule has 1 aromatic rings. The molecule has 1 fully saturated rings. The van der Waals surface area contributed by atoms with Gasteiger partial charge in [0.05, 0.1) is 0 Å². The number of piperidine rings is 1. The molecule has 0 bridgehead atoms. The maximum Gasteiger partial charge on any atom is 0.260 e. The largest absolute Gasteiger partial charge is 0.335 e. The summed E-state index contributed by atoms with van der Waals surface area (Å²) < 4.78 is 27.4. The predicted molar refractivity (Wildman–Crippen MR) is 70.3 cm³/mol. The van der Waals surface area contributed by atoms with Gasteiger partial charge in [0.25, 0.3) is 5.91 Å². The molecule has 1 aliphatic rings. The van der Waals surface area contributed by atoms with Crippen LogP contribution in [0.4, 0.5) is 8.78 Å². The Morgan fingerprint density at radius 3 is 2.50 bits per heavy atom. The van der Waals surface area contributed by atoms with Gasteiger partial charge in [0.15, 0.2) is 0 Å². The number of amides is 1. The van der Waals surface area contributed by atoms with E-state index in [1.165, 1.54) is 17.9 Å². The van der Waals surface area contributed by atoms with E-state index >= 15 is 0 Å². The molecule has 1 amide bonds. The van der Waals surface area contributed by atoms with Crippen LogP contribution in [0, 0.1) is 11.6 Å². The quantitative estimate of drug-likeness (QED) is 0.854. The molecular weight excluding hydrogens is 264 g/mol. The maximum atomic E-state index is 13.7. The van der Waals surface area contributed by atoms with Gasteiger partial charge in [0, 0.05) is 19.0 Å². The van der Waals surface area contributed by atoms with Gasteiger partial charge in [-0.3, -0.25) is 9.59 Å². The number of rotatable bonds is 3. The van der Waals surface area contributed by atoms with Crippen LogP contribution in [-0.2, 0) is 4.79 Å². The fourth-order valence-corrected chi connectivity index (χ4v) is 2.66. The van der Waals surface area contributed by atoms with Crippen LogP contribution >= 0.6 is 0 Å². The van der Waals surface area contributed by atoms with E-state index in [9.17, 15) is 18.4 Å². The number of carbonyl (C=O) groups excluding carboxylic acids is 2. The second-order valence-corrected chi connectivity index (χ2v) is 5.15. The van der Waals surface area contributed by atoms with Gasteiger partial charge in [-0.05, 0) is 38.3 Å². The van der Waals surface area contributed by atoms with Crippen molar-refractivity contribution in [1.82, 2.24) is 4.90 Å². The summed E-state index contributed by atoms with van der Waals surface area (Å²) in [4.78, 5) is 25.1. The average molecular weight is 281 g/mol. The molecule has 1 heterocycles. The van der Waals surface area contributed by atoms with Crippen molar-refractivity contribution in [2.24, 2.45) is 0 Å². The summed E-state index contributed by atoms with van der Waals surface area (Å²) in [5.41, 5.74) is -0.525. The fourth-order valence-electron chi connectivity index (χ4n) is 2.66. The summed E-state index contributed by atoms with van der Waals surface area (Å²) in [6.45, 7) is 1.89. The van der Waals surface area contributed by atoms with E-state index in [2.05, 4.69) is 0 Å². The minimum absolute atomic E-state index is 0.0243. The molecule has 1 saturated heterocycles. The Kier molecular flexibility index (Phi) is 4.47. The Labute approximate surface area is 116 Å². The van der Waals surface area contributed by atoms with Gasteiger partial charge in [0.1, 0.15) is 23.0 Å². The average Bonchev–Trinajstić information content (AvgIpc) is 2.38. The molecule has 0 aromatic heterocycles. The summed E-state index contributed by atoms with van der Waals surface area (Å²) in [6, 6.07) is 3.11. The highest BCUT2D eigenvalue weighted by Crippen LogP contribution is 2.24. The Morgan fingerprint density at radius 1 is 1.25 bits per heavy atom. The molecule has 1 atom stereocenters. The molecule has 1 aliphatic heterocycles. The number of halogens is 2. The van der Waals surface area contributed by atoms with Crippen LogP contribution < -0.4 is 0 Å². The van der Waals surface area contributed by atoms with Crippen LogP contribution in [0.2, 0.25) is 0 Å². The van der Waals surface area contributed by atoms with Crippen molar-refractivity contribution in [1.29, 1.82) is 0 Å². The number of Topliss-reactive ketones (excluding diaryl/α,β-unsaturated/α-hetero) is 1. The molecule has 2 rings (SSSR count). The van der Waals surface area contributed by atoms with Crippen molar-refractivity contribution in [3.05, 3.63) is 35.4 Å². The molecule has 0 saturated carbocycles. The summed E-state index contributed by atoms with van der Waals surface area (Å²) in [6.07, 6.45) is 2.64. The zero-order chi connectivity index (χ0) is 14.7. The van der Waals surface area contributed by atoms with E-state index < -0.39 is 23.1 Å². The lowest BCUT2D eigenvalue weighted by Crippen LogP contribution is -2.45. The van der Waals surface area contributed by atoms with Crippen molar-refractivity contribution in [2.45, 2.75) is 38.6 Å². The van der Waals surface area contributed by atoms with Crippen molar-refractivity contribution < 1.29 is 18.4 Å². The smallest absolute Gasteiger partial charge is 0.260 e. The van der Waals surface area contributed by atoms with Crippen molar-refractivity contribution in [3.8, 4) is 0 Å². The lowest BCUT2D eigenvalue weighted by molar-refractivity contribution is -0.118. The lowest BCUT2D eigenvalue weighted by atomic mass is 9.96. The van der Waals surface area contributed by atoms with Crippen molar-refractivity contribution in [3.63, 3.8) is 0 Å². The number of likely N-dealkylation sites (tertiary alicyclic amines) is 1. The highest BCUT2D eigenvalue weighted by Gasteiger charge is 2.31. The number of ketones is 1. The second-order valence-electron chi connectivity index (χ2n) is 5.15. The van der Waals surface area contributed by atoms with E-state index in [4.69, 9.17) is 0 Å². The Morgan fingerprint density at radius 2 is 1.90 bits per heavy atom. The van der Waals surface area contributed by atoms with Crippen LogP contribution in [0.25, 0.3) is 0 Å². The van der Waals surface area contributed by atoms with E-state index in [0.29, 0.717) is 13.0 Å². The third-order valence-electron chi connectivity index (χ3n) is 3.59. The predicted octanol–water partition coefficient (Wildman–Crippen LogP) is 2.94. The first-order valence-corrected chi connectivity index (χ1v) is 6.75. The van der Waals surface area contributed by atoms with Gasteiger partial charge >= 0.3 is 0 Å². The van der Waals surface area contributed by atoms with Crippen LogP contribution in [0.1, 0.15) is 43.0 Å². The first-order chi connectivity index (χ1) is 9.50. The molecule has 3 nitrogen and oxygen atoms in total. The number of hydrogen-bond donors (Lipinski definition) is 0. The van der Waals surface area contributed by atoms with Gasteiger partial charge in [-0.2, -0.15) is 0 Å². The third-order valence-corrected chi connectivity index (χ3v) is 3.59. The zero-order valence-electron chi connectivity index (χ0n) is 11.4. The van der Waals surface area contributed by atoms with Gasteiger partial charge in [-0.25, -0.2) is 8.78 Å². The summed E-state index contributed by atoms with van der Waals surface area (Å²) in [5, 5.41) is 0. The van der Waals surface area contributed by atoms with Crippen molar-refractivity contribution >= 4 is 11.7 Å². The normalized spacial score (nSPS) is 18.9. The van der Waals surface area contributed by atoms with Crippen molar-refractivity contribution in [2.75, 3.05) is 6.54 Å². The molecule has 1 unspecified atom stereocenters. The standard InChI is InChI=1S/C15H17F2NO2/c1-10(19)9-11-5-2-3-8-18(11)15(20)14-12(16)6-4-7-13(14)17/h4,6-7,11H,2-3,5,8-9H2,1H3. The highest BCUT2D eigenvalue weighted by molar-refractivity contribution is 5.95. The molecule has 108 valence electrons. The van der Waals surface area contributed by atoms with E-state index in [0.717, 1.165) is 25.0 Å². The first-order valence-electron chi connectivity index (χ1n) is 6.75. The molecule has 20 heavy (non-hydrogen) atoms. The zero-order valence-corrected chi connectivity index (χ0v) is 11.4. The Hall–Kier alpha value is -1.78. The van der Waals surface area contributed by atoms with Gasteiger partial charge in [0.2, 0.25) is 0 Å². The SMILES string of the molecule is CC(=O)CC1CCCCN1C(=O)c1c(F)cccc1F. The molecule has 5 heteroatoms. The summed E-state index contributed by atoms with van der Waals surface area (Å²) in [7, 11) is 0. The molecule has 0 N–H and O–H groups in total. The van der Waals surface area contributed by atoms with Crippen LogP contribution in [0.5, 0.6) is 0 Å². The molecule has 0 aliphatic carbocycles. The number of carbonyl (C=O) groups is 2. The monoisotopic (exact) mass is 281 g/mol. The summed E-state index contributed by atoms with van der Waals surface area (Å²) >= 11 is 0. The third kappa shape index (κ3) is 3.03. The number of benzene rings is 1. The highest BCUT2D eigenvalue weighted by atomic mass is 19.1. The second kappa shape index (κ2) is 6.11. The molecule has 0 radical (unpaired) electrons. The number of nitrogens with zero attached hydrogens (tertiary/aromatic N) is 1. The van der Waals surface area contributed by atoms with E-state index in [1.807, 2.05) is 0 Å². The van der Waals surface area contributed by atoms with Crippen LogP contribution in [-0.4, -0.2) is 29.2 Å². The van der Waals surface area contributed by atoms with Gasteiger partial charge in [-0.1, -0.05) is 6.07 Å². The first kappa shape index (κ1) is 14.6. The molecule has 1 aromatic carbocycles. The maximum absolute atomic E-state index is 13.7. The topological polar surface area (TPSA) is 37.4 Å². The van der Waals surface area contributed by atoms with E-state index in [1.54, 1.807) is 0 Å². The minimum atomic E-state index is -0.859. The molecule has 0 spiro atoms. The molecular formula is C15H17F2NO2. The Bertz CT molecular complexity index is 510. The van der Waals surface area contributed by atoms with Crippen LogP contribution in [0.3, 0.4) is 0 Å². The number of hydrogen-bond acceptors (Lipinski definition) is 2. The van der Waals surface area contributed by atoms with Gasteiger partial charge < -0.3 is 4.90 Å². The van der Waals surface area contributed by atoms with Gasteiger partial charge in [-0.15, -0.1) is 0 Å². The van der Waals surface area contributed by atoms with E-state index in [-0.39, 0.29) is 18.2 Å². The van der Waals surface area contributed by atoms with Crippen LogP contribution in [0.15, 0.2) is 18.2 Å². The Balaban J connectivity index is 2.28.